The van der Waals surface area contributed by atoms with Gasteiger partial charge in [-0.1, -0.05) is 0 Å². The second-order valence-electron chi connectivity index (χ2n) is 5.85. The number of rotatable bonds is 7. The molecule has 27 heavy (non-hydrogen) atoms. The highest BCUT2D eigenvalue weighted by Gasteiger charge is 2.15. The van der Waals surface area contributed by atoms with Gasteiger partial charge in [0.05, 0.1) is 31.2 Å². The molecule has 0 aliphatic carbocycles. The van der Waals surface area contributed by atoms with Gasteiger partial charge in [-0.3, -0.25) is 14.3 Å². The molecule has 0 saturated heterocycles. The molecule has 2 aromatic rings. The topological polar surface area (TPSA) is 127 Å². The van der Waals surface area contributed by atoms with Crippen molar-refractivity contribution in [1.29, 1.82) is 0 Å². The molecule has 1 aromatic carbocycles. The van der Waals surface area contributed by atoms with Crippen LogP contribution in [0.15, 0.2) is 28.7 Å². The summed E-state index contributed by atoms with van der Waals surface area (Å²) in [5, 5.41) is 5.08. The van der Waals surface area contributed by atoms with Crippen molar-refractivity contribution in [2.24, 2.45) is 0 Å². The zero-order valence-electron chi connectivity index (χ0n) is 15.4. The molecule has 0 spiro atoms. The number of hydrogen-bond donors (Lipinski definition) is 3. The summed E-state index contributed by atoms with van der Waals surface area (Å²) >= 11 is 0. The van der Waals surface area contributed by atoms with Crippen molar-refractivity contribution in [2.75, 3.05) is 29.9 Å². The van der Waals surface area contributed by atoms with Crippen LogP contribution < -0.4 is 20.1 Å². The van der Waals surface area contributed by atoms with Gasteiger partial charge >= 0.3 is 0 Å². The Hall–Kier alpha value is -3.01. The molecule has 0 fully saturated rings. The van der Waals surface area contributed by atoms with Crippen molar-refractivity contribution in [1.82, 2.24) is 5.32 Å². The second kappa shape index (κ2) is 8.12. The molecule has 0 radical (unpaired) electrons. The molecule has 9 nitrogen and oxygen atoms in total. The van der Waals surface area contributed by atoms with Crippen LogP contribution in [0, 0.1) is 13.8 Å². The minimum absolute atomic E-state index is 0.186. The van der Waals surface area contributed by atoms with Crippen LogP contribution in [-0.2, 0) is 14.8 Å². The maximum absolute atomic E-state index is 12.1. The third kappa shape index (κ3) is 5.74. The number of furan rings is 1. The van der Waals surface area contributed by atoms with E-state index in [-0.39, 0.29) is 12.2 Å². The minimum Gasteiger partial charge on any atom is -0.495 e. The van der Waals surface area contributed by atoms with Gasteiger partial charge in [-0.25, -0.2) is 8.42 Å². The molecule has 0 aliphatic heterocycles. The molecular formula is C17H21N3O6S. The Morgan fingerprint density at radius 2 is 1.89 bits per heavy atom. The van der Waals surface area contributed by atoms with E-state index < -0.39 is 21.8 Å². The SMILES string of the molecule is COc1ccc(NC(=O)CNC(=O)c2cc(C)oc2C)cc1NS(C)(=O)=O. The van der Waals surface area contributed by atoms with Gasteiger partial charge in [0.25, 0.3) is 5.91 Å². The Morgan fingerprint density at radius 1 is 1.19 bits per heavy atom. The standard InChI is InChI=1S/C17H21N3O6S/c1-10-7-13(11(2)26-10)17(22)18-9-16(21)19-12-5-6-15(25-3)14(8-12)20-27(4,23)24/h5-8,20H,9H2,1-4H3,(H,18,22)(H,19,21). The van der Waals surface area contributed by atoms with Crippen LogP contribution in [0.4, 0.5) is 11.4 Å². The quantitative estimate of drug-likeness (QED) is 0.654. The third-order valence-corrected chi connectivity index (χ3v) is 4.06. The van der Waals surface area contributed by atoms with E-state index in [0.717, 1.165) is 6.26 Å². The lowest BCUT2D eigenvalue weighted by Crippen LogP contribution is -2.33. The fraction of sp³-hybridized carbons (Fsp3) is 0.294. The predicted octanol–water partition coefficient (Wildman–Crippen LogP) is 1.65. The number of ether oxygens (including phenoxy) is 1. The number of aryl methyl sites for hydroxylation is 2. The first kappa shape index (κ1) is 20.3. The van der Waals surface area contributed by atoms with Gasteiger partial charge in [-0.15, -0.1) is 0 Å². The molecule has 2 rings (SSSR count). The Kier molecular flexibility index (Phi) is 6.11. The first-order valence-electron chi connectivity index (χ1n) is 7.90. The summed E-state index contributed by atoms with van der Waals surface area (Å²) in [7, 11) is -2.12. The Morgan fingerprint density at radius 3 is 2.44 bits per heavy atom. The van der Waals surface area contributed by atoms with Gasteiger partial charge in [0.15, 0.2) is 0 Å². The molecule has 2 amide bonds. The van der Waals surface area contributed by atoms with E-state index >= 15 is 0 Å². The summed E-state index contributed by atoms with van der Waals surface area (Å²) in [5.41, 5.74) is 0.896. The van der Waals surface area contributed by atoms with Crippen LogP contribution in [0.1, 0.15) is 21.9 Å². The molecule has 1 aromatic heterocycles. The first-order chi connectivity index (χ1) is 12.6. The van der Waals surface area contributed by atoms with Gasteiger partial charge in [0, 0.05) is 5.69 Å². The van der Waals surface area contributed by atoms with Crippen LogP contribution in [0.5, 0.6) is 5.75 Å². The fourth-order valence-electron chi connectivity index (χ4n) is 2.38. The molecule has 0 atom stereocenters. The van der Waals surface area contributed by atoms with Crippen LogP contribution in [0.2, 0.25) is 0 Å². The number of sulfonamides is 1. The monoisotopic (exact) mass is 395 g/mol. The summed E-state index contributed by atoms with van der Waals surface area (Å²) in [6.07, 6.45) is 1.01. The van der Waals surface area contributed by atoms with Gasteiger partial charge in [0.1, 0.15) is 17.3 Å². The van der Waals surface area contributed by atoms with Crippen molar-refractivity contribution in [2.45, 2.75) is 13.8 Å². The van der Waals surface area contributed by atoms with Crippen molar-refractivity contribution >= 4 is 33.2 Å². The van der Waals surface area contributed by atoms with Crippen LogP contribution in [0.25, 0.3) is 0 Å². The highest BCUT2D eigenvalue weighted by atomic mass is 32.2. The largest absolute Gasteiger partial charge is 0.495 e. The minimum atomic E-state index is -3.52. The van der Waals surface area contributed by atoms with E-state index in [2.05, 4.69) is 15.4 Å². The average molecular weight is 395 g/mol. The van der Waals surface area contributed by atoms with Crippen LogP contribution in [-0.4, -0.2) is 40.1 Å². The Balaban J connectivity index is 2.02. The van der Waals surface area contributed by atoms with E-state index in [4.69, 9.17) is 9.15 Å². The maximum atomic E-state index is 12.1. The summed E-state index contributed by atoms with van der Waals surface area (Å²) in [5.74, 6) is 0.478. The van der Waals surface area contributed by atoms with E-state index in [1.54, 1.807) is 26.0 Å². The molecule has 0 bridgehead atoms. The molecule has 0 aliphatic rings. The lowest BCUT2D eigenvalue weighted by molar-refractivity contribution is -0.115. The number of hydrogen-bond acceptors (Lipinski definition) is 6. The highest BCUT2D eigenvalue weighted by Crippen LogP contribution is 2.28. The molecule has 146 valence electrons. The Labute approximate surface area is 157 Å². The van der Waals surface area contributed by atoms with E-state index in [1.165, 1.54) is 19.2 Å². The summed E-state index contributed by atoms with van der Waals surface area (Å²) in [4.78, 5) is 24.2. The molecule has 3 N–H and O–H groups in total. The van der Waals surface area contributed by atoms with Gasteiger partial charge in [0.2, 0.25) is 15.9 Å². The average Bonchev–Trinajstić information content (AvgIpc) is 2.90. The van der Waals surface area contributed by atoms with Crippen molar-refractivity contribution in [3.63, 3.8) is 0 Å². The van der Waals surface area contributed by atoms with Gasteiger partial charge in [-0.2, -0.15) is 0 Å². The molecule has 0 unspecified atom stereocenters. The first-order valence-corrected chi connectivity index (χ1v) is 9.79. The number of carbonyl (C=O) groups is 2. The van der Waals surface area contributed by atoms with Gasteiger partial charge < -0.3 is 19.8 Å². The normalized spacial score (nSPS) is 11.0. The van der Waals surface area contributed by atoms with E-state index in [9.17, 15) is 18.0 Å². The van der Waals surface area contributed by atoms with Gasteiger partial charge in [-0.05, 0) is 38.1 Å². The van der Waals surface area contributed by atoms with E-state index in [1.807, 2.05) is 0 Å². The van der Waals surface area contributed by atoms with Crippen LogP contribution >= 0.6 is 0 Å². The number of amides is 2. The third-order valence-electron chi connectivity index (χ3n) is 3.47. The summed E-state index contributed by atoms with van der Waals surface area (Å²) in [6, 6.07) is 6.08. The smallest absolute Gasteiger partial charge is 0.255 e. The van der Waals surface area contributed by atoms with E-state index in [0.29, 0.717) is 28.5 Å². The number of carbonyl (C=O) groups excluding carboxylic acids is 2. The second-order valence-corrected chi connectivity index (χ2v) is 7.60. The number of methoxy groups -OCH3 is 1. The summed E-state index contributed by atoms with van der Waals surface area (Å²) in [6.45, 7) is 3.13. The molecule has 0 saturated carbocycles. The fourth-order valence-corrected chi connectivity index (χ4v) is 2.94. The summed E-state index contributed by atoms with van der Waals surface area (Å²) < 4.78 is 35.5. The molecule has 1 heterocycles. The molecular weight excluding hydrogens is 374 g/mol. The number of benzene rings is 1. The lowest BCUT2D eigenvalue weighted by atomic mass is 10.2. The number of nitrogens with one attached hydrogen (secondary N) is 3. The number of anilines is 2. The zero-order chi connectivity index (χ0) is 20.2. The van der Waals surface area contributed by atoms with Crippen molar-refractivity contribution < 1.29 is 27.2 Å². The Bertz CT molecular complexity index is 965. The molecule has 10 heteroatoms. The predicted molar refractivity (Wildman–Crippen MR) is 101 cm³/mol. The lowest BCUT2D eigenvalue weighted by Gasteiger charge is -2.12. The highest BCUT2D eigenvalue weighted by molar-refractivity contribution is 7.92. The van der Waals surface area contributed by atoms with Crippen LogP contribution in [0.3, 0.4) is 0 Å². The maximum Gasteiger partial charge on any atom is 0.255 e. The zero-order valence-corrected chi connectivity index (χ0v) is 16.2. The van der Waals surface area contributed by atoms with Crippen molar-refractivity contribution in [3.05, 3.63) is 41.3 Å². The van der Waals surface area contributed by atoms with Crippen molar-refractivity contribution in [3.8, 4) is 5.75 Å².